The average molecular weight is 467 g/mol. The molecule has 3 aromatic rings. The van der Waals surface area contributed by atoms with Gasteiger partial charge in [0.1, 0.15) is 5.82 Å². The van der Waals surface area contributed by atoms with Crippen molar-refractivity contribution in [1.82, 2.24) is 14.4 Å². The maximum atomic E-state index is 14.1. The van der Waals surface area contributed by atoms with Crippen LogP contribution < -0.4 is 4.90 Å². The SMILES string of the molecule is Cc1c2c(c(C)n1-c1cccc(Cl)c1)C(=O)N(CN1CCN(c3ccccc3F)CC1)C2=O. The van der Waals surface area contributed by atoms with Crippen molar-refractivity contribution < 1.29 is 14.0 Å². The molecule has 5 rings (SSSR count). The summed E-state index contributed by atoms with van der Waals surface area (Å²) in [6.07, 6.45) is 0. The second kappa shape index (κ2) is 8.32. The van der Waals surface area contributed by atoms with Gasteiger partial charge in [0, 0.05) is 48.3 Å². The number of carbonyl (C=O) groups is 2. The van der Waals surface area contributed by atoms with Crippen LogP contribution in [0.5, 0.6) is 0 Å². The Morgan fingerprint density at radius 2 is 1.52 bits per heavy atom. The van der Waals surface area contributed by atoms with E-state index in [2.05, 4.69) is 4.90 Å². The Morgan fingerprint density at radius 3 is 2.12 bits per heavy atom. The first-order valence-corrected chi connectivity index (χ1v) is 11.3. The predicted octanol–water partition coefficient (Wildman–Crippen LogP) is 4.26. The predicted molar refractivity (Wildman–Crippen MR) is 126 cm³/mol. The zero-order chi connectivity index (χ0) is 23.3. The number of imide groups is 1. The molecule has 0 atom stereocenters. The van der Waals surface area contributed by atoms with Gasteiger partial charge < -0.3 is 9.47 Å². The Labute approximate surface area is 196 Å². The van der Waals surface area contributed by atoms with Gasteiger partial charge in [0.25, 0.3) is 11.8 Å². The molecular weight excluding hydrogens is 443 g/mol. The van der Waals surface area contributed by atoms with Crippen LogP contribution in [0.25, 0.3) is 5.69 Å². The second-order valence-corrected chi connectivity index (χ2v) is 8.91. The van der Waals surface area contributed by atoms with E-state index in [-0.39, 0.29) is 24.3 Å². The van der Waals surface area contributed by atoms with E-state index in [4.69, 9.17) is 11.6 Å². The first-order chi connectivity index (χ1) is 15.9. The monoisotopic (exact) mass is 466 g/mol. The number of hydrogen-bond donors (Lipinski definition) is 0. The number of piperazine rings is 1. The fraction of sp³-hybridized carbons (Fsp3) is 0.280. The quantitative estimate of drug-likeness (QED) is 0.539. The minimum absolute atomic E-state index is 0.230. The van der Waals surface area contributed by atoms with E-state index < -0.39 is 0 Å². The van der Waals surface area contributed by atoms with Crippen molar-refractivity contribution in [2.24, 2.45) is 0 Å². The molecule has 0 aliphatic carbocycles. The third kappa shape index (κ3) is 3.61. The van der Waals surface area contributed by atoms with Gasteiger partial charge in [-0.3, -0.25) is 19.4 Å². The molecule has 2 aromatic carbocycles. The summed E-state index contributed by atoms with van der Waals surface area (Å²) in [6, 6.07) is 14.1. The third-order valence-electron chi connectivity index (χ3n) is 6.54. The van der Waals surface area contributed by atoms with E-state index >= 15 is 0 Å². The second-order valence-electron chi connectivity index (χ2n) is 8.47. The van der Waals surface area contributed by atoms with Crippen LogP contribution in [0.2, 0.25) is 5.02 Å². The first kappa shape index (κ1) is 21.7. The number of para-hydroxylation sites is 1. The molecule has 1 fully saturated rings. The summed E-state index contributed by atoms with van der Waals surface area (Å²) in [4.78, 5) is 31.9. The topological polar surface area (TPSA) is 48.8 Å². The highest BCUT2D eigenvalue weighted by Gasteiger charge is 2.42. The van der Waals surface area contributed by atoms with Crippen molar-refractivity contribution in [2.45, 2.75) is 13.8 Å². The average Bonchev–Trinajstić information content (AvgIpc) is 3.21. The fourth-order valence-corrected chi connectivity index (χ4v) is 5.08. The van der Waals surface area contributed by atoms with Gasteiger partial charge in [0.15, 0.2) is 0 Å². The molecule has 0 unspecified atom stereocenters. The van der Waals surface area contributed by atoms with Gasteiger partial charge in [0.05, 0.1) is 23.5 Å². The Kier molecular flexibility index (Phi) is 5.46. The van der Waals surface area contributed by atoms with Crippen LogP contribution in [0.4, 0.5) is 10.1 Å². The van der Waals surface area contributed by atoms with Gasteiger partial charge in [0.2, 0.25) is 0 Å². The molecule has 0 bridgehead atoms. The van der Waals surface area contributed by atoms with Gasteiger partial charge in [-0.1, -0.05) is 29.8 Å². The summed E-state index contributed by atoms with van der Waals surface area (Å²) in [5.41, 5.74) is 3.79. The van der Waals surface area contributed by atoms with Crippen molar-refractivity contribution in [3.8, 4) is 5.69 Å². The lowest BCUT2D eigenvalue weighted by molar-refractivity contribution is 0.0533. The third-order valence-corrected chi connectivity index (χ3v) is 6.77. The molecule has 0 spiro atoms. The maximum absolute atomic E-state index is 14.1. The zero-order valence-electron chi connectivity index (χ0n) is 18.5. The molecule has 0 radical (unpaired) electrons. The maximum Gasteiger partial charge on any atom is 0.264 e. The van der Waals surface area contributed by atoms with Crippen LogP contribution in [0.1, 0.15) is 32.1 Å². The summed E-state index contributed by atoms with van der Waals surface area (Å²) in [5.74, 6) is -0.779. The molecule has 2 amide bonds. The molecule has 1 saturated heterocycles. The zero-order valence-corrected chi connectivity index (χ0v) is 19.3. The number of benzene rings is 2. The van der Waals surface area contributed by atoms with Gasteiger partial charge in [-0.25, -0.2) is 4.39 Å². The van der Waals surface area contributed by atoms with E-state index in [1.807, 2.05) is 47.6 Å². The summed E-state index contributed by atoms with van der Waals surface area (Å²) >= 11 is 6.16. The molecule has 8 heteroatoms. The Balaban J connectivity index is 1.33. The van der Waals surface area contributed by atoms with Gasteiger partial charge in [-0.15, -0.1) is 0 Å². The molecule has 1 aromatic heterocycles. The first-order valence-electron chi connectivity index (χ1n) is 10.9. The van der Waals surface area contributed by atoms with Crippen LogP contribution in [0.3, 0.4) is 0 Å². The van der Waals surface area contributed by atoms with Gasteiger partial charge in [-0.2, -0.15) is 0 Å². The summed E-state index contributed by atoms with van der Waals surface area (Å²) in [7, 11) is 0. The summed E-state index contributed by atoms with van der Waals surface area (Å²) in [5, 5.41) is 0.592. The number of halogens is 2. The number of fused-ring (bicyclic) bond motifs is 1. The molecule has 0 saturated carbocycles. The highest BCUT2D eigenvalue weighted by atomic mass is 35.5. The van der Waals surface area contributed by atoms with Crippen LogP contribution in [0.15, 0.2) is 48.5 Å². The van der Waals surface area contributed by atoms with Crippen LogP contribution in [-0.2, 0) is 0 Å². The number of anilines is 1. The van der Waals surface area contributed by atoms with Crippen LogP contribution >= 0.6 is 11.6 Å². The lowest BCUT2D eigenvalue weighted by Gasteiger charge is -2.37. The van der Waals surface area contributed by atoms with Crippen molar-refractivity contribution >= 4 is 29.1 Å². The molecule has 0 N–H and O–H groups in total. The molecule has 2 aliphatic rings. The molecule has 170 valence electrons. The number of carbonyl (C=O) groups excluding carboxylic acids is 2. The van der Waals surface area contributed by atoms with Gasteiger partial charge in [-0.05, 0) is 44.2 Å². The standard InChI is InChI=1S/C25H24ClFN4O2/c1-16-22-23(17(2)31(16)19-7-5-6-18(26)14-19)25(33)30(24(22)32)15-28-10-12-29(13-11-28)21-9-4-3-8-20(21)27/h3-9,14H,10-13,15H2,1-2H3. The highest BCUT2D eigenvalue weighted by molar-refractivity contribution is 6.30. The van der Waals surface area contributed by atoms with E-state index in [0.717, 1.165) is 17.1 Å². The lowest BCUT2D eigenvalue weighted by atomic mass is 10.1. The smallest absolute Gasteiger partial charge is 0.264 e. The number of aromatic nitrogens is 1. The largest absolute Gasteiger partial charge is 0.367 e. The minimum Gasteiger partial charge on any atom is -0.367 e. The molecule has 2 aliphatic heterocycles. The van der Waals surface area contributed by atoms with Crippen LogP contribution in [-0.4, -0.2) is 59.0 Å². The van der Waals surface area contributed by atoms with Crippen molar-refractivity contribution in [3.63, 3.8) is 0 Å². The summed E-state index contributed by atoms with van der Waals surface area (Å²) < 4.78 is 16.0. The van der Waals surface area contributed by atoms with Crippen molar-refractivity contribution in [3.05, 3.63) is 81.9 Å². The normalized spacial score (nSPS) is 16.6. The number of amides is 2. The number of hydrogen-bond acceptors (Lipinski definition) is 4. The fourth-order valence-electron chi connectivity index (χ4n) is 4.89. The highest BCUT2D eigenvalue weighted by Crippen LogP contribution is 2.34. The molecular formula is C25H24ClFN4O2. The molecule has 6 nitrogen and oxygen atoms in total. The number of nitrogens with zero attached hydrogens (tertiary/aromatic N) is 4. The Hall–Kier alpha value is -3.16. The number of rotatable bonds is 4. The molecule has 33 heavy (non-hydrogen) atoms. The van der Waals surface area contributed by atoms with E-state index in [9.17, 15) is 14.0 Å². The van der Waals surface area contributed by atoms with Crippen molar-refractivity contribution in [1.29, 1.82) is 0 Å². The van der Waals surface area contributed by atoms with E-state index in [1.165, 1.54) is 11.0 Å². The lowest BCUT2D eigenvalue weighted by Crippen LogP contribution is -2.51. The minimum atomic E-state index is -0.270. The molecule has 3 heterocycles. The van der Waals surface area contributed by atoms with Gasteiger partial charge >= 0.3 is 0 Å². The van der Waals surface area contributed by atoms with Crippen LogP contribution in [0, 0.1) is 19.7 Å². The van der Waals surface area contributed by atoms with Crippen molar-refractivity contribution in [2.75, 3.05) is 37.7 Å². The Morgan fingerprint density at radius 1 is 0.879 bits per heavy atom. The summed E-state index contributed by atoms with van der Waals surface area (Å²) in [6.45, 7) is 6.47. The Bertz CT molecular complexity index is 1220. The van der Waals surface area contributed by atoms with E-state index in [0.29, 0.717) is 48.0 Å². The van der Waals surface area contributed by atoms with E-state index in [1.54, 1.807) is 18.2 Å².